The number of fused-ring (bicyclic) bond motifs is 1. The number of halogens is 1. The summed E-state index contributed by atoms with van der Waals surface area (Å²) in [5, 5.41) is 20.0. The predicted octanol–water partition coefficient (Wildman–Crippen LogP) is 3.16. The molecule has 0 radical (unpaired) electrons. The Labute approximate surface area is 151 Å². The number of H-pyrrole nitrogens is 1. The fraction of sp³-hybridized carbons (Fsp3) is 0.133. The van der Waals surface area contributed by atoms with Crippen LogP contribution >= 0.6 is 15.9 Å². The quantitative estimate of drug-likeness (QED) is 0.417. The molecule has 0 aromatic carbocycles. The van der Waals surface area contributed by atoms with Gasteiger partial charge in [0.1, 0.15) is 29.3 Å². The van der Waals surface area contributed by atoms with Crippen LogP contribution in [0.1, 0.15) is 29.9 Å². The number of hydrogen-bond acceptors (Lipinski definition) is 7. The number of carboxylic acid groups (broad SMARTS) is 1. The highest BCUT2D eigenvalue weighted by molar-refractivity contribution is 9.10. The molecule has 0 unspecified atom stereocenters. The molecule has 3 rings (SSSR count). The van der Waals surface area contributed by atoms with Gasteiger partial charge in [-0.05, 0) is 22.0 Å². The molecule has 0 fully saturated rings. The van der Waals surface area contributed by atoms with E-state index in [9.17, 15) is 4.79 Å². The number of rotatable bonds is 4. The van der Waals surface area contributed by atoms with Crippen LogP contribution in [0.5, 0.6) is 0 Å². The summed E-state index contributed by atoms with van der Waals surface area (Å²) >= 11 is 3.25. The second kappa shape index (κ2) is 7.71. The molecule has 0 spiro atoms. The number of nitrogens with two attached hydrogens (primary N) is 1. The molecular weight excluding hydrogens is 390 g/mol. The van der Waals surface area contributed by atoms with Gasteiger partial charge in [0.05, 0.1) is 21.7 Å². The van der Waals surface area contributed by atoms with Gasteiger partial charge in [-0.3, -0.25) is 0 Å². The van der Waals surface area contributed by atoms with Crippen molar-refractivity contribution in [2.24, 2.45) is 0 Å². The molecule has 3 aromatic rings. The number of aromatic nitrogens is 4. The molecule has 10 heteroatoms. The SMILES string of the molecule is CC.N=Cc1cc(Nc2ncnc3[nH]c(C(=O)O)c(Br)c23)cnc1N. The smallest absolute Gasteiger partial charge is 0.353 e. The maximum Gasteiger partial charge on any atom is 0.353 e. The van der Waals surface area contributed by atoms with E-state index in [0.717, 1.165) is 6.21 Å². The first-order valence-electron chi connectivity index (χ1n) is 7.29. The highest BCUT2D eigenvalue weighted by Gasteiger charge is 2.19. The molecule has 0 saturated carbocycles. The van der Waals surface area contributed by atoms with Crippen LogP contribution in [0.15, 0.2) is 23.1 Å². The fourth-order valence-corrected chi connectivity index (χ4v) is 2.69. The summed E-state index contributed by atoms with van der Waals surface area (Å²) in [4.78, 5) is 26.1. The molecule has 9 nitrogen and oxygen atoms in total. The molecule has 6 N–H and O–H groups in total. The minimum atomic E-state index is -1.11. The highest BCUT2D eigenvalue weighted by atomic mass is 79.9. The van der Waals surface area contributed by atoms with Gasteiger partial charge in [0.2, 0.25) is 0 Å². The first-order valence-corrected chi connectivity index (χ1v) is 8.09. The van der Waals surface area contributed by atoms with Gasteiger partial charge in [0, 0.05) is 11.8 Å². The lowest BCUT2D eigenvalue weighted by Crippen LogP contribution is -2.01. The molecule has 0 atom stereocenters. The van der Waals surface area contributed by atoms with Crippen molar-refractivity contribution in [3.8, 4) is 0 Å². The summed E-state index contributed by atoms with van der Waals surface area (Å²) in [5.41, 5.74) is 7.03. The number of nitrogens with zero attached hydrogens (tertiary/aromatic N) is 3. The van der Waals surface area contributed by atoms with Gasteiger partial charge in [-0.2, -0.15) is 0 Å². The number of carbonyl (C=O) groups is 1. The van der Waals surface area contributed by atoms with Crippen molar-refractivity contribution in [3.63, 3.8) is 0 Å². The predicted molar refractivity (Wildman–Crippen MR) is 99.7 cm³/mol. The van der Waals surface area contributed by atoms with E-state index in [-0.39, 0.29) is 11.5 Å². The van der Waals surface area contributed by atoms with E-state index in [2.05, 4.69) is 41.2 Å². The zero-order valence-electron chi connectivity index (χ0n) is 13.5. The Hall–Kier alpha value is -3.01. The lowest BCUT2D eigenvalue weighted by Gasteiger charge is -2.08. The summed E-state index contributed by atoms with van der Waals surface area (Å²) in [7, 11) is 0. The van der Waals surface area contributed by atoms with E-state index in [1.165, 1.54) is 12.5 Å². The van der Waals surface area contributed by atoms with Crippen LogP contribution < -0.4 is 11.1 Å². The molecule has 0 bridgehead atoms. The average Bonchev–Trinajstić information content (AvgIpc) is 2.96. The number of aromatic carboxylic acids is 1. The normalized spacial score (nSPS) is 10.0. The third kappa shape index (κ3) is 3.58. The molecule has 0 aliphatic carbocycles. The van der Waals surface area contributed by atoms with Crippen molar-refractivity contribution in [3.05, 3.63) is 34.3 Å². The maximum atomic E-state index is 11.2. The number of nitrogen functional groups attached to an aromatic ring is 1. The summed E-state index contributed by atoms with van der Waals surface area (Å²) < 4.78 is 0.346. The first kappa shape index (κ1) is 18.3. The van der Waals surface area contributed by atoms with Crippen molar-refractivity contribution in [1.29, 1.82) is 5.41 Å². The Kier molecular flexibility index (Phi) is 5.65. The van der Waals surface area contributed by atoms with E-state index in [1.54, 1.807) is 6.07 Å². The van der Waals surface area contributed by atoms with Crippen LogP contribution in [0.2, 0.25) is 0 Å². The standard InChI is InChI=1S/C13H10BrN7O2.C2H6/c14-8-7-11(18-4-19-12(7)21-9(8)13(22)23)20-6-1-5(2-15)10(16)17-3-6;1-2/h1-4,15H,(H2,16,17)(H,22,23)(H2,18,19,20,21);1-2H3. The molecule has 3 aromatic heterocycles. The minimum absolute atomic E-state index is 0.0147. The molecule has 130 valence electrons. The number of pyridine rings is 1. The topological polar surface area (TPSA) is 154 Å². The van der Waals surface area contributed by atoms with Crippen molar-refractivity contribution in [1.82, 2.24) is 19.9 Å². The summed E-state index contributed by atoms with van der Waals surface area (Å²) in [6, 6.07) is 1.64. The monoisotopic (exact) mass is 405 g/mol. The van der Waals surface area contributed by atoms with Gasteiger partial charge in [-0.15, -0.1) is 0 Å². The van der Waals surface area contributed by atoms with E-state index in [1.807, 2.05) is 13.8 Å². The zero-order valence-corrected chi connectivity index (χ0v) is 15.0. The fourth-order valence-electron chi connectivity index (χ4n) is 2.04. The zero-order chi connectivity index (χ0) is 18.6. The van der Waals surface area contributed by atoms with Crippen LogP contribution in [0.4, 0.5) is 17.3 Å². The molecule has 0 aliphatic rings. The lowest BCUT2D eigenvalue weighted by atomic mass is 10.2. The van der Waals surface area contributed by atoms with Crippen LogP contribution in [-0.2, 0) is 0 Å². The number of nitrogens with one attached hydrogen (secondary N) is 3. The number of hydrogen-bond donors (Lipinski definition) is 5. The second-order valence-electron chi connectivity index (χ2n) is 4.53. The van der Waals surface area contributed by atoms with Gasteiger partial charge in [0.25, 0.3) is 0 Å². The molecular formula is C15H16BrN7O2. The number of carboxylic acids is 1. The second-order valence-corrected chi connectivity index (χ2v) is 5.33. The van der Waals surface area contributed by atoms with Crippen LogP contribution in [0, 0.1) is 5.41 Å². The number of aromatic amines is 1. The lowest BCUT2D eigenvalue weighted by molar-refractivity contribution is 0.0690. The maximum absolute atomic E-state index is 11.2. The molecule has 0 saturated heterocycles. The molecule has 25 heavy (non-hydrogen) atoms. The first-order chi connectivity index (χ1) is 12.0. The van der Waals surface area contributed by atoms with Crippen LogP contribution in [-0.4, -0.2) is 37.2 Å². The van der Waals surface area contributed by atoms with Crippen LogP contribution in [0.3, 0.4) is 0 Å². The van der Waals surface area contributed by atoms with E-state index in [0.29, 0.717) is 32.6 Å². The van der Waals surface area contributed by atoms with E-state index in [4.69, 9.17) is 16.2 Å². The van der Waals surface area contributed by atoms with E-state index < -0.39 is 5.97 Å². The summed E-state index contributed by atoms with van der Waals surface area (Å²) in [6.07, 6.45) is 3.90. The summed E-state index contributed by atoms with van der Waals surface area (Å²) in [5.74, 6) is -0.469. The highest BCUT2D eigenvalue weighted by Crippen LogP contribution is 2.32. The van der Waals surface area contributed by atoms with Gasteiger partial charge in [-0.1, -0.05) is 13.8 Å². The average molecular weight is 406 g/mol. The van der Waals surface area contributed by atoms with Crippen LogP contribution in [0.25, 0.3) is 11.0 Å². The Bertz CT molecular complexity index is 939. The third-order valence-corrected chi connectivity index (χ3v) is 3.90. The van der Waals surface area contributed by atoms with Gasteiger partial charge in [0.15, 0.2) is 0 Å². The van der Waals surface area contributed by atoms with Crippen molar-refractivity contribution in [2.45, 2.75) is 13.8 Å². The van der Waals surface area contributed by atoms with Gasteiger partial charge < -0.3 is 26.6 Å². The van der Waals surface area contributed by atoms with E-state index >= 15 is 0 Å². The third-order valence-electron chi connectivity index (χ3n) is 3.11. The van der Waals surface area contributed by atoms with Crippen molar-refractivity contribution in [2.75, 3.05) is 11.1 Å². The number of anilines is 3. The Morgan fingerprint density at radius 1 is 1.40 bits per heavy atom. The van der Waals surface area contributed by atoms with Gasteiger partial charge >= 0.3 is 5.97 Å². The molecule has 0 aliphatic heterocycles. The Morgan fingerprint density at radius 2 is 2.12 bits per heavy atom. The minimum Gasteiger partial charge on any atom is -0.477 e. The van der Waals surface area contributed by atoms with Crippen molar-refractivity contribution < 1.29 is 9.90 Å². The van der Waals surface area contributed by atoms with Crippen molar-refractivity contribution >= 4 is 56.5 Å². The summed E-state index contributed by atoms with van der Waals surface area (Å²) in [6.45, 7) is 4.00. The molecule has 0 amide bonds. The Balaban J connectivity index is 0.00000109. The Morgan fingerprint density at radius 3 is 2.76 bits per heavy atom. The largest absolute Gasteiger partial charge is 0.477 e. The van der Waals surface area contributed by atoms with Gasteiger partial charge in [-0.25, -0.2) is 19.7 Å². The molecule has 3 heterocycles.